The van der Waals surface area contributed by atoms with E-state index in [1.165, 1.54) is 0 Å². The number of hydrogen-bond donors (Lipinski definition) is 3. The normalized spacial score (nSPS) is 28.8. The summed E-state index contributed by atoms with van der Waals surface area (Å²) in [6, 6.07) is 0.0625. The second-order valence-electron chi connectivity index (χ2n) is 3.92. The zero-order valence-corrected chi connectivity index (χ0v) is 9.35. The highest BCUT2D eigenvalue weighted by atomic mass is 35.5. The van der Waals surface area contributed by atoms with Gasteiger partial charge in [0, 0.05) is 12.1 Å². The number of carbonyl (C=O) groups excluding carboxylic acids is 1. The molecule has 5 N–H and O–H groups in total. The van der Waals surface area contributed by atoms with Crippen LogP contribution >= 0.6 is 12.4 Å². The molecule has 2 unspecified atom stereocenters. The molecular formula is C9H20ClN3O. The lowest BCUT2D eigenvalue weighted by molar-refractivity contribution is -0.122. The van der Waals surface area contributed by atoms with E-state index < -0.39 is 6.04 Å². The first-order valence-electron chi connectivity index (χ1n) is 4.91. The summed E-state index contributed by atoms with van der Waals surface area (Å²) >= 11 is 0. The van der Waals surface area contributed by atoms with Gasteiger partial charge in [-0.25, -0.2) is 0 Å². The molecule has 0 bridgehead atoms. The third-order valence-corrected chi connectivity index (χ3v) is 2.47. The van der Waals surface area contributed by atoms with Gasteiger partial charge in [-0.2, -0.15) is 0 Å². The number of nitrogens with one attached hydrogen (secondary N) is 1. The molecule has 0 aromatic rings. The van der Waals surface area contributed by atoms with E-state index in [0.717, 1.165) is 25.7 Å². The minimum absolute atomic E-state index is 0. The predicted molar refractivity (Wildman–Crippen MR) is 59.3 cm³/mol. The van der Waals surface area contributed by atoms with Gasteiger partial charge >= 0.3 is 0 Å². The van der Waals surface area contributed by atoms with Crippen molar-refractivity contribution in [3.05, 3.63) is 0 Å². The maximum Gasteiger partial charge on any atom is 0.236 e. The highest BCUT2D eigenvalue weighted by Crippen LogP contribution is 2.16. The Morgan fingerprint density at radius 3 is 2.64 bits per heavy atom. The summed E-state index contributed by atoms with van der Waals surface area (Å²) in [6.45, 7) is 1.69. The number of amides is 1. The van der Waals surface area contributed by atoms with Crippen LogP contribution in [-0.2, 0) is 4.79 Å². The molecular weight excluding hydrogens is 202 g/mol. The van der Waals surface area contributed by atoms with Crippen molar-refractivity contribution in [1.82, 2.24) is 5.32 Å². The Labute approximate surface area is 91.2 Å². The molecule has 3 atom stereocenters. The molecule has 1 aliphatic carbocycles. The van der Waals surface area contributed by atoms with Crippen molar-refractivity contribution in [3.8, 4) is 0 Å². The topological polar surface area (TPSA) is 81.1 Å². The van der Waals surface area contributed by atoms with Crippen molar-refractivity contribution in [2.45, 2.75) is 50.7 Å². The fourth-order valence-corrected chi connectivity index (χ4v) is 1.69. The van der Waals surface area contributed by atoms with Crippen LogP contribution in [0.1, 0.15) is 32.6 Å². The van der Waals surface area contributed by atoms with E-state index in [0.29, 0.717) is 0 Å². The first-order valence-corrected chi connectivity index (χ1v) is 4.91. The van der Waals surface area contributed by atoms with Gasteiger partial charge in [-0.1, -0.05) is 0 Å². The minimum Gasteiger partial charge on any atom is -0.352 e. The molecule has 0 aliphatic heterocycles. The molecule has 0 heterocycles. The van der Waals surface area contributed by atoms with Gasteiger partial charge in [0.15, 0.2) is 0 Å². The first-order chi connectivity index (χ1) is 6.09. The minimum atomic E-state index is -0.418. The number of rotatable bonds is 2. The SMILES string of the molecule is C[C@@H](N)C(=O)NC1CCCC(N)C1.Cl. The molecule has 5 heteroatoms. The fraction of sp³-hybridized carbons (Fsp3) is 0.889. The summed E-state index contributed by atoms with van der Waals surface area (Å²) in [7, 11) is 0. The lowest BCUT2D eigenvalue weighted by Crippen LogP contribution is -2.47. The van der Waals surface area contributed by atoms with E-state index in [4.69, 9.17) is 11.5 Å². The summed E-state index contributed by atoms with van der Waals surface area (Å²) in [5.41, 5.74) is 11.2. The highest BCUT2D eigenvalue weighted by molar-refractivity contribution is 5.85. The van der Waals surface area contributed by atoms with E-state index >= 15 is 0 Å². The Balaban J connectivity index is 0.00000169. The Bertz CT molecular complexity index is 187. The monoisotopic (exact) mass is 221 g/mol. The standard InChI is InChI=1S/C9H19N3O.ClH/c1-6(10)9(13)12-8-4-2-3-7(11)5-8;/h6-8H,2-5,10-11H2,1H3,(H,12,13);1H/t6-,7?,8?;/m1./s1. The molecule has 0 aromatic carbocycles. The van der Waals surface area contributed by atoms with Crippen LogP contribution in [0.25, 0.3) is 0 Å². The van der Waals surface area contributed by atoms with E-state index in [9.17, 15) is 4.79 Å². The van der Waals surface area contributed by atoms with Crippen molar-refractivity contribution in [3.63, 3.8) is 0 Å². The van der Waals surface area contributed by atoms with Gasteiger partial charge in [0.05, 0.1) is 6.04 Å². The second kappa shape index (κ2) is 6.22. The lowest BCUT2D eigenvalue weighted by Gasteiger charge is -2.27. The lowest BCUT2D eigenvalue weighted by atomic mass is 9.91. The molecule has 1 amide bonds. The Morgan fingerprint density at radius 2 is 2.14 bits per heavy atom. The molecule has 0 spiro atoms. The number of nitrogens with two attached hydrogens (primary N) is 2. The van der Waals surface area contributed by atoms with E-state index in [1.807, 2.05) is 0 Å². The smallest absolute Gasteiger partial charge is 0.236 e. The van der Waals surface area contributed by atoms with Gasteiger partial charge in [0.1, 0.15) is 0 Å². The van der Waals surface area contributed by atoms with Crippen molar-refractivity contribution >= 4 is 18.3 Å². The van der Waals surface area contributed by atoms with Crippen LogP contribution in [0.4, 0.5) is 0 Å². The molecule has 0 radical (unpaired) electrons. The number of hydrogen-bond acceptors (Lipinski definition) is 3. The first kappa shape index (κ1) is 13.7. The zero-order valence-electron chi connectivity index (χ0n) is 8.53. The van der Waals surface area contributed by atoms with Crippen LogP contribution < -0.4 is 16.8 Å². The molecule has 1 aliphatic rings. The van der Waals surface area contributed by atoms with Gasteiger partial charge in [0.2, 0.25) is 5.91 Å². The van der Waals surface area contributed by atoms with Crippen LogP contribution in [0.3, 0.4) is 0 Å². The van der Waals surface area contributed by atoms with Gasteiger partial charge in [0.25, 0.3) is 0 Å². The summed E-state index contributed by atoms with van der Waals surface area (Å²) in [5, 5.41) is 2.90. The quantitative estimate of drug-likeness (QED) is 0.621. The van der Waals surface area contributed by atoms with E-state index in [2.05, 4.69) is 5.32 Å². The third kappa shape index (κ3) is 4.26. The second-order valence-corrected chi connectivity index (χ2v) is 3.92. The Morgan fingerprint density at radius 1 is 1.50 bits per heavy atom. The molecule has 1 rings (SSSR count). The third-order valence-electron chi connectivity index (χ3n) is 2.47. The molecule has 0 saturated heterocycles. The summed E-state index contributed by atoms with van der Waals surface area (Å²) in [4.78, 5) is 11.2. The number of carbonyl (C=O) groups is 1. The maximum atomic E-state index is 11.2. The molecule has 4 nitrogen and oxygen atoms in total. The van der Waals surface area contributed by atoms with Crippen LogP contribution in [0.2, 0.25) is 0 Å². The van der Waals surface area contributed by atoms with Crippen molar-refractivity contribution < 1.29 is 4.79 Å². The Hall–Kier alpha value is -0.320. The average molecular weight is 222 g/mol. The predicted octanol–water partition coefficient (Wildman–Crippen LogP) is 0.142. The molecule has 1 saturated carbocycles. The van der Waals surface area contributed by atoms with Gasteiger partial charge in [-0.15, -0.1) is 12.4 Å². The van der Waals surface area contributed by atoms with Crippen molar-refractivity contribution in [2.75, 3.05) is 0 Å². The van der Waals surface area contributed by atoms with Crippen LogP contribution in [0.5, 0.6) is 0 Å². The summed E-state index contributed by atoms with van der Waals surface area (Å²) < 4.78 is 0. The fourth-order valence-electron chi connectivity index (χ4n) is 1.69. The summed E-state index contributed by atoms with van der Waals surface area (Å²) in [6.07, 6.45) is 4.10. The molecule has 0 aromatic heterocycles. The van der Waals surface area contributed by atoms with Crippen molar-refractivity contribution in [2.24, 2.45) is 11.5 Å². The highest BCUT2D eigenvalue weighted by Gasteiger charge is 2.21. The van der Waals surface area contributed by atoms with Crippen LogP contribution in [0, 0.1) is 0 Å². The zero-order chi connectivity index (χ0) is 9.84. The largest absolute Gasteiger partial charge is 0.352 e. The molecule has 1 fully saturated rings. The number of halogens is 1. The van der Waals surface area contributed by atoms with Crippen molar-refractivity contribution in [1.29, 1.82) is 0 Å². The molecule has 84 valence electrons. The van der Waals surface area contributed by atoms with E-state index in [-0.39, 0.29) is 30.4 Å². The van der Waals surface area contributed by atoms with Gasteiger partial charge in [-0.3, -0.25) is 4.79 Å². The molecule has 14 heavy (non-hydrogen) atoms. The van der Waals surface area contributed by atoms with E-state index in [1.54, 1.807) is 6.92 Å². The maximum absolute atomic E-state index is 11.2. The summed E-state index contributed by atoms with van der Waals surface area (Å²) in [5.74, 6) is -0.0703. The van der Waals surface area contributed by atoms with Gasteiger partial charge < -0.3 is 16.8 Å². The average Bonchev–Trinajstić information content (AvgIpc) is 2.04. The Kier molecular flexibility index (Phi) is 6.08. The van der Waals surface area contributed by atoms with Gasteiger partial charge in [-0.05, 0) is 32.6 Å². The van der Waals surface area contributed by atoms with Crippen LogP contribution in [-0.4, -0.2) is 24.0 Å². The van der Waals surface area contributed by atoms with Crippen LogP contribution in [0.15, 0.2) is 0 Å².